The van der Waals surface area contributed by atoms with Crippen LogP contribution in [0.15, 0.2) is 65.8 Å². The fourth-order valence-electron chi connectivity index (χ4n) is 7.02. The van der Waals surface area contributed by atoms with Gasteiger partial charge in [-0.1, -0.05) is 56.3 Å². The topological polar surface area (TPSA) is 34.1 Å². The molecule has 0 saturated heterocycles. The van der Waals surface area contributed by atoms with E-state index in [4.69, 9.17) is 0 Å². The molecule has 2 fully saturated rings. The molecule has 5 atom stereocenters. The Labute approximate surface area is 180 Å². The Balaban J connectivity index is 1.48. The summed E-state index contributed by atoms with van der Waals surface area (Å²) in [5.41, 5.74) is 3.75. The lowest BCUT2D eigenvalue weighted by molar-refractivity contribution is -0.130. The van der Waals surface area contributed by atoms with E-state index in [-0.39, 0.29) is 16.6 Å². The SMILES string of the molecule is C[C@]12C=CC(=O)C=C1C(CCCc1ccccc1)=C[C@@H]1[C@@H]2CC[C@]2(C)C(=O)CC[C@@H]12. The highest BCUT2D eigenvalue weighted by Gasteiger charge is 2.58. The van der Waals surface area contributed by atoms with Crippen LogP contribution in [-0.4, -0.2) is 11.6 Å². The van der Waals surface area contributed by atoms with Crippen LogP contribution in [0, 0.1) is 28.6 Å². The number of rotatable bonds is 4. The molecule has 0 amide bonds. The minimum atomic E-state index is -0.140. The van der Waals surface area contributed by atoms with Gasteiger partial charge in [-0.2, -0.15) is 0 Å². The van der Waals surface area contributed by atoms with E-state index < -0.39 is 0 Å². The van der Waals surface area contributed by atoms with E-state index in [1.807, 2.05) is 6.08 Å². The first kappa shape index (κ1) is 19.7. The molecule has 0 heterocycles. The summed E-state index contributed by atoms with van der Waals surface area (Å²) in [4.78, 5) is 25.0. The molecule has 1 aromatic carbocycles. The Morgan fingerprint density at radius 2 is 1.80 bits per heavy atom. The molecule has 4 aliphatic rings. The van der Waals surface area contributed by atoms with Gasteiger partial charge in [0.2, 0.25) is 0 Å². The van der Waals surface area contributed by atoms with Crippen LogP contribution in [0.3, 0.4) is 0 Å². The van der Waals surface area contributed by atoms with Crippen LogP contribution in [0.2, 0.25) is 0 Å². The zero-order chi connectivity index (χ0) is 20.9. The number of Topliss-reactive ketones (excluding diaryl/α,β-unsaturated/α-hetero) is 1. The second-order valence-electron chi connectivity index (χ2n) is 10.3. The number of fused-ring (bicyclic) bond motifs is 5. The van der Waals surface area contributed by atoms with Crippen LogP contribution < -0.4 is 0 Å². The van der Waals surface area contributed by atoms with Gasteiger partial charge in [0.05, 0.1) is 0 Å². The minimum absolute atomic E-state index is 0.0810. The Kier molecular flexibility index (Phi) is 4.72. The van der Waals surface area contributed by atoms with E-state index >= 15 is 0 Å². The highest BCUT2D eigenvalue weighted by Crippen LogP contribution is 2.63. The largest absolute Gasteiger partial charge is 0.299 e. The zero-order valence-electron chi connectivity index (χ0n) is 18.2. The zero-order valence-corrected chi connectivity index (χ0v) is 18.2. The van der Waals surface area contributed by atoms with Crippen molar-refractivity contribution < 1.29 is 9.59 Å². The van der Waals surface area contributed by atoms with E-state index in [0.29, 0.717) is 23.5 Å². The molecule has 2 nitrogen and oxygen atoms in total. The van der Waals surface area contributed by atoms with Crippen molar-refractivity contribution in [2.75, 3.05) is 0 Å². The van der Waals surface area contributed by atoms with Gasteiger partial charge < -0.3 is 0 Å². The number of aryl methyl sites for hydroxylation is 1. The molecule has 4 aliphatic carbocycles. The average molecular weight is 401 g/mol. The van der Waals surface area contributed by atoms with Crippen molar-refractivity contribution in [3.05, 3.63) is 71.3 Å². The molecular weight excluding hydrogens is 368 g/mol. The predicted octanol–water partition coefficient (Wildman–Crippen LogP) is 6.03. The van der Waals surface area contributed by atoms with Crippen molar-refractivity contribution in [1.82, 2.24) is 0 Å². The number of ketones is 2. The monoisotopic (exact) mass is 400 g/mol. The lowest BCUT2D eigenvalue weighted by Gasteiger charge is -2.54. The number of allylic oxidation sites excluding steroid dienone is 6. The standard InChI is InChI=1S/C28H32O2/c1-27-15-13-21(29)18-25(27)20(10-6-9-19-7-4-3-5-8-19)17-22-23-11-12-26(30)28(23,2)16-14-24(22)27/h3-5,7-8,13,15,17-18,22-24H,6,9-12,14,16H2,1-2H3/t22-,23-,24-,27+,28-/m0/s1. The van der Waals surface area contributed by atoms with Crippen LogP contribution in [0.5, 0.6) is 0 Å². The molecule has 5 rings (SSSR count). The number of hydrogen-bond acceptors (Lipinski definition) is 2. The van der Waals surface area contributed by atoms with Gasteiger partial charge in [-0.15, -0.1) is 0 Å². The van der Waals surface area contributed by atoms with Gasteiger partial charge in [0.15, 0.2) is 5.78 Å². The van der Waals surface area contributed by atoms with Gasteiger partial charge in [-0.05, 0) is 85.1 Å². The highest BCUT2D eigenvalue weighted by atomic mass is 16.1. The number of hydrogen-bond donors (Lipinski definition) is 0. The Bertz CT molecular complexity index is 966. The molecule has 0 bridgehead atoms. The van der Waals surface area contributed by atoms with Crippen LogP contribution in [0.4, 0.5) is 0 Å². The van der Waals surface area contributed by atoms with Crippen molar-refractivity contribution in [2.45, 2.75) is 58.8 Å². The van der Waals surface area contributed by atoms with Crippen LogP contribution >= 0.6 is 0 Å². The maximum atomic E-state index is 12.7. The van der Waals surface area contributed by atoms with Crippen molar-refractivity contribution >= 4 is 11.6 Å². The third kappa shape index (κ3) is 2.99. The summed E-state index contributed by atoms with van der Waals surface area (Å²) in [5.74, 6) is 1.99. The highest BCUT2D eigenvalue weighted by molar-refractivity contribution is 6.02. The van der Waals surface area contributed by atoms with Crippen molar-refractivity contribution in [1.29, 1.82) is 0 Å². The second kappa shape index (κ2) is 7.18. The van der Waals surface area contributed by atoms with Crippen LogP contribution in [0.25, 0.3) is 0 Å². The van der Waals surface area contributed by atoms with E-state index in [1.165, 1.54) is 16.7 Å². The first-order valence-corrected chi connectivity index (χ1v) is 11.7. The van der Waals surface area contributed by atoms with Gasteiger partial charge in [0.25, 0.3) is 0 Å². The number of carbonyl (C=O) groups excluding carboxylic acids is 2. The van der Waals surface area contributed by atoms with E-state index in [9.17, 15) is 9.59 Å². The van der Waals surface area contributed by atoms with E-state index in [2.05, 4.69) is 56.3 Å². The summed E-state index contributed by atoms with van der Waals surface area (Å²) in [6, 6.07) is 10.6. The quantitative estimate of drug-likeness (QED) is 0.618. The molecule has 30 heavy (non-hydrogen) atoms. The van der Waals surface area contributed by atoms with Gasteiger partial charge in [0.1, 0.15) is 5.78 Å². The normalized spacial score (nSPS) is 37.2. The van der Waals surface area contributed by atoms with Crippen LogP contribution in [-0.2, 0) is 16.0 Å². The molecule has 2 heteroatoms. The molecule has 156 valence electrons. The molecular formula is C28H32O2. The maximum Gasteiger partial charge on any atom is 0.178 e. The van der Waals surface area contributed by atoms with Crippen molar-refractivity contribution in [3.63, 3.8) is 0 Å². The molecule has 0 aliphatic heterocycles. The van der Waals surface area contributed by atoms with Crippen molar-refractivity contribution in [2.24, 2.45) is 28.6 Å². The third-order valence-corrected chi connectivity index (χ3v) is 8.77. The predicted molar refractivity (Wildman–Crippen MR) is 120 cm³/mol. The van der Waals surface area contributed by atoms with Gasteiger partial charge in [-0.25, -0.2) is 0 Å². The van der Waals surface area contributed by atoms with Gasteiger partial charge in [-0.3, -0.25) is 9.59 Å². The first-order chi connectivity index (χ1) is 14.4. The second-order valence-corrected chi connectivity index (χ2v) is 10.3. The van der Waals surface area contributed by atoms with Gasteiger partial charge >= 0.3 is 0 Å². The lowest BCUT2D eigenvalue weighted by atomic mass is 9.49. The molecule has 0 aromatic heterocycles. The smallest absolute Gasteiger partial charge is 0.178 e. The maximum absolute atomic E-state index is 12.7. The molecule has 0 spiro atoms. The summed E-state index contributed by atoms with van der Waals surface area (Å²) < 4.78 is 0. The van der Waals surface area contributed by atoms with Crippen molar-refractivity contribution in [3.8, 4) is 0 Å². The molecule has 0 N–H and O–H groups in total. The fraction of sp³-hybridized carbons (Fsp3) is 0.500. The Morgan fingerprint density at radius 1 is 1.00 bits per heavy atom. The van der Waals surface area contributed by atoms with E-state index in [1.54, 1.807) is 6.08 Å². The average Bonchev–Trinajstić information content (AvgIpc) is 3.05. The summed E-state index contributed by atoms with van der Waals surface area (Å²) >= 11 is 0. The third-order valence-electron chi connectivity index (χ3n) is 8.77. The summed E-state index contributed by atoms with van der Waals surface area (Å²) in [6.45, 7) is 4.56. The fourth-order valence-corrected chi connectivity index (χ4v) is 7.02. The molecule has 0 radical (unpaired) electrons. The van der Waals surface area contributed by atoms with E-state index in [0.717, 1.165) is 44.9 Å². The molecule has 0 unspecified atom stereocenters. The first-order valence-electron chi connectivity index (χ1n) is 11.7. The van der Waals surface area contributed by atoms with Gasteiger partial charge in [0, 0.05) is 17.3 Å². The Morgan fingerprint density at radius 3 is 2.60 bits per heavy atom. The van der Waals surface area contributed by atoms with Crippen LogP contribution in [0.1, 0.15) is 57.9 Å². The lowest BCUT2D eigenvalue weighted by Crippen LogP contribution is -2.49. The summed E-state index contributed by atoms with van der Waals surface area (Å²) in [6.07, 6.45) is 15.3. The Hall–Kier alpha value is -2.22. The summed E-state index contributed by atoms with van der Waals surface area (Å²) in [5, 5.41) is 0. The number of benzene rings is 1. The molecule has 1 aromatic rings. The number of carbonyl (C=O) groups is 2. The minimum Gasteiger partial charge on any atom is -0.299 e. The molecule has 2 saturated carbocycles. The summed E-state index contributed by atoms with van der Waals surface area (Å²) in [7, 11) is 0.